The first-order valence-electron chi connectivity index (χ1n) is 5.65. The van der Waals surface area contributed by atoms with E-state index in [4.69, 9.17) is 11.6 Å². The Morgan fingerprint density at radius 1 is 1.29 bits per heavy atom. The van der Waals surface area contributed by atoms with Crippen LogP contribution in [0.5, 0.6) is 0 Å². The van der Waals surface area contributed by atoms with Crippen LogP contribution < -0.4 is 0 Å². The van der Waals surface area contributed by atoms with Crippen molar-refractivity contribution in [2.24, 2.45) is 0 Å². The van der Waals surface area contributed by atoms with E-state index in [-0.39, 0.29) is 5.82 Å². The zero-order valence-electron chi connectivity index (χ0n) is 9.66. The molecule has 1 aromatic heterocycles. The van der Waals surface area contributed by atoms with Crippen molar-refractivity contribution in [3.8, 4) is 0 Å². The van der Waals surface area contributed by atoms with Gasteiger partial charge in [0.2, 0.25) is 0 Å². The number of halogens is 2. The fourth-order valence-electron chi connectivity index (χ4n) is 1.70. The van der Waals surface area contributed by atoms with Crippen molar-refractivity contribution in [2.45, 2.75) is 26.3 Å². The van der Waals surface area contributed by atoms with Crippen molar-refractivity contribution in [3.05, 3.63) is 52.6 Å². The van der Waals surface area contributed by atoms with Crippen molar-refractivity contribution in [3.63, 3.8) is 0 Å². The Morgan fingerprint density at radius 3 is 2.65 bits per heavy atom. The zero-order valence-corrected chi connectivity index (χ0v) is 10.4. The maximum Gasteiger partial charge on any atom is 0.127 e. The number of aromatic nitrogens is 2. The third kappa shape index (κ3) is 3.07. The zero-order chi connectivity index (χ0) is 12.3. The van der Waals surface area contributed by atoms with Crippen LogP contribution in [0.2, 0.25) is 5.15 Å². The monoisotopic (exact) mass is 252 g/mol. The second-order valence-electron chi connectivity index (χ2n) is 3.99. The Balaban J connectivity index is 2.15. The van der Waals surface area contributed by atoms with Gasteiger partial charge >= 0.3 is 0 Å². The first-order valence-corrected chi connectivity index (χ1v) is 6.03. The molecule has 0 saturated carbocycles. The summed E-state index contributed by atoms with van der Waals surface area (Å²) < 4.78 is 14.5. The lowest BCUT2D eigenvalue weighted by molar-refractivity contribution is 0.623. The van der Waals surface area contributed by atoms with Gasteiger partial charge in [-0.05, 0) is 30.2 Å². The minimum atomic E-state index is -0.230. The van der Waals surface area contributed by atoms with Crippen LogP contribution in [-0.2, 0) is 13.0 Å². The van der Waals surface area contributed by atoms with Crippen LogP contribution in [-0.4, -0.2) is 9.78 Å². The van der Waals surface area contributed by atoms with E-state index in [1.54, 1.807) is 16.8 Å². The molecule has 2 rings (SSSR count). The van der Waals surface area contributed by atoms with Crippen LogP contribution in [0.1, 0.15) is 24.6 Å². The first kappa shape index (κ1) is 12.1. The summed E-state index contributed by atoms with van der Waals surface area (Å²) in [6, 6.07) is 8.26. The Labute approximate surface area is 105 Å². The summed E-state index contributed by atoms with van der Waals surface area (Å²) in [5.74, 6) is -0.230. The number of aryl methyl sites for hydroxylation is 1. The molecule has 0 unspecified atom stereocenters. The highest BCUT2D eigenvalue weighted by molar-refractivity contribution is 6.29. The molecular formula is C13H14ClFN2. The highest BCUT2D eigenvalue weighted by Gasteiger charge is 2.05. The molecule has 0 aliphatic heterocycles. The summed E-state index contributed by atoms with van der Waals surface area (Å²) in [6.45, 7) is 2.68. The van der Waals surface area contributed by atoms with Crippen molar-refractivity contribution in [1.82, 2.24) is 9.78 Å². The first-order chi connectivity index (χ1) is 8.19. The Hall–Kier alpha value is -1.35. The SMILES string of the molecule is CCCc1cc(Cl)n(Cc2ccc(F)cc2)n1. The third-order valence-corrected chi connectivity index (χ3v) is 2.84. The van der Waals surface area contributed by atoms with Crippen LogP contribution in [0.4, 0.5) is 4.39 Å². The van der Waals surface area contributed by atoms with Gasteiger partial charge in [-0.15, -0.1) is 0 Å². The molecule has 1 aromatic carbocycles. The maximum atomic E-state index is 12.8. The van der Waals surface area contributed by atoms with Crippen LogP contribution in [0.25, 0.3) is 0 Å². The topological polar surface area (TPSA) is 17.8 Å². The number of nitrogens with zero attached hydrogens (tertiary/aromatic N) is 2. The molecule has 0 saturated heterocycles. The second kappa shape index (κ2) is 5.32. The molecule has 0 aliphatic carbocycles. The number of rotatable bonds is 4. The molecule has 0 aliphatic rings. The molecule has 17 heavy (non-hydrogen) atoms. The smallest absolute Gasteiger partial charge is 0.127 e. The van der Waals surface area contributed by atoms with Crippen molar-refractivity contribution in [1.29, 1.82) is 0 Å². The average molecular weight is 253 g/mol. The molecule has 2 aromatic rings. The minimum absolute atomic E-state index is 0.230. The van der Waals surface area contributed by atoms with E-state index in [2.05, 4.69) is 12.0 Å². The Bertz CT molecular complexity index is 491. The van der Waals surface area contributed by atoms with Gasteiger partial charge in [0.25, 0.3) is 0 Å². The lowest BCUT2D eigenvalue weighted by atomic mass is 10.2. The van der Waals surface area contributed by atoms with E-state index in [1.807, 2.05) is 6.07 Å². The minimum Gasteiger partial charge on any atom is -0.249 e. The molecular weight excluding hydrogens is 239 g/mol. The number of benzene rings is 1. The van der Waals surface area contributed by atoms with E-state index in [9.17, 15) is 4.39 Å². The maximum absolute atomic E-state index is 12.8. The normalized spacial score (nSPS) is 10.8. The van der Waals surface area contributed by atoms with Crippen LogP contribution in [0.15, 0.2) is 30.3 Å². The van der Waals surface area contributed by atoms with Gasteiger partial charge in [-0.3, -0.25) is 0 Å². The molecule has 90 valence electrons. The van der Waals surface area contributed by atoms with Gasteiger partial charge in [0.15, 0.2) is 0 Å². The number of hydrogen-bond acceptors (Lipinski definition) is 1. The molecule has 4 heteroatoms. The fourth-order valence-corrected chi connectivity index (χ4v) is 1.92. The second-order valence-corrected chi connectivity index (χ2v) is 4.38. The Kier molecular flexibility index (Phi) is 3.79. The molecule has 1 heterocycles. The van der Waals surface area contributed by atoms with Gasteiger partial charge in [-0.2, -0.15) is 5.10 Å². The third-order valence-electron chi connectivity index (χ3n) is 2.53. The van der Waals surface area contributed by atoms with E-state index in [0.717, 1.165) is 24.1 Å². The van der Waals surface area contributed by atoms with Crippen LogP contribution in [0.3, 0.4) is 0 Å². The predicted octanol–water partition coefficient (Wildman–Crippen LogP) is 3.68. The van der Waals surface area contributed by atoms with Crippen LogP contribution >= 0.6 is 11.6 Å². The fraction of sp³-hybridized carbons (Fsp3) is 0.308. The highest BCUT2D eigenvalue weighted by atomic mass is 35.5. The molecule has 0 amide bonds. The van der Waals surface area contributed by atoms with Crippen LogP contribution in [0, 0.1) is 5.82 Å². The van der Waals surface area contributed by atoms with Crippen molar-refractivity contribution < 1.29 is 4.39 Å². The quantitative estimate of drug-likeness (QED) is 0.812. The summed E-state index contributed by atoms with van der Waals surface area (Å²) in [6.07, 6.45) is 1.97. The van der Waals surface area contributed by atoms with E-state index >= 15 is 0 Å². The molecule has 0 atom stereocenters. The summed E-state index contributed by atoms with van der Waals surface area (Å²) in [5, 5.41) is 5.03. The van der Waals surface area contributed by atoms with Crippen molar-refractivity contribution >= 4 is 11.6 Å². The molecule has 0 spiro atoms. The van der Waals surface area contributed by atoms with E-state index in [1.165, 1.54) is 12.1 Å². The molecule has 2 nitrogen and oxygen atoms in total. The van der Waals surface area contributed by atoms with Gasteiger partial charge < -0.3 is 0 Å². The summed E-state index contributed by atoms with van der Waals surface area (Å²) in [4.78, 5) is 0. The largest absolute Gasteiger partial charge is 0.249 e. The highest BCUT2D eigenvalue weighted by Crippen LogP contribution is 2.14. The molecule has 0 N–H and O–H groups in total. The van der Waals surface area contributed by atoms with Gasteiger partial charge in [-0.1, -0.05) is 37.1 Å². The predicted molar refractivity (Wildman–Crippen MR) is 66.7 cm³/mol. The average Bonchev–Trinajstić information content (AvgIpc) is 2.63. The lowest BCUT2D eigenvalue weighted by Gasteiger charge is -2.03. The van der Waals surface area contributed by atoms with Gasteiger partial charge in [-0.25, -0.2) is 9.07 Å². The van der Waals surface area contributed by atoms with E-state index < -0.39 is 0 Å². The molecule has 0 radical (unpaired) electrons. The standard InChI is InChI=1S/C13H14ClFN2/c1-2-3-12-8-13(14)17(16-12)9-10-4-6-11(15)7-5-10/h4-8H,2-3,9H2,1H3. The molecule has 0 bridgehead atoms. The molecule has 0 fully saturated rings. The summed E-state index contributed by atoms with van der Waals surface area (Å²) in [5.41, 5.74) is 1.99. The van der Waals surface area contributed by atoms with Gasteiger partial charge in [0.05, 0.1) is 12.2 Å². The summed E-state index contributed by atoms with van der Waals surface area (Å²) >= 11 is 6.09. The Morgan fingerprint density at radius 2 is 2.00 bits per heavy atom. The summed E-state index contributed by atoms with van der Waals surface area (Å²) in [7, 11) is 0. The van der Waals surface area contributed by atoms with Gasteiger partial charge in [0, 0.05) is 0 Å². The number of hydrogen-bond donors (Lipinski definition) is 0. The lowest BCUT2D eigenvalue weighted by Crippen LogP contribution is -2.02. The van der Waals surface area contributed by atoms with Gasteiger partial charge in [0.1, 0.15) is 11.0 Å². The van der Waals surface area contributed by atoms with Crippen molar-refractivity contribution in [2.75, 3.05) is 0 Å². The van der Waals surface area contributed by atoms with E-state index in [0.29, 0.717) is 11.7 Å².